The van der Waals surface area contributed by atoms with Gasteiger partial charge in [0.15, 0.2) is 0 Å². The minimum absolute atomic E-state index is 0.272. The topological polar surface area (TPSA) is 81.8 Å². The number of benzene rings is 2. The first kappa shape index (κ1) is 18.4. The van der Waals surface area contributed by atoms with Crippen molar-refractivity contribution >= 4 is 5.91 Å². The van der Waals surface area contributed by atoms with Crippen LogP contribution < -0.4 is 10.9 Å². The molecule has 7 nitrogen and oxygen atoms in total. The summed E-state index contributed by atoms with van der Waals surface area (Å²) in [6, 6.07) is 22.2. The van der Waals surface area contributed by atoms with Crippen molar-refractivity contribution < 1.29 is 4.79 Å². The molecule has 0 fully saturated rings. The van der Waals surface area contributed by atoms with Gasteiger partial charge in [-0.2, -0.15) is 0 Å². The molecule has 0 atom stereocenters. The van der Waals surface area contributed by atoms with Gasteiger partial charge in [-0.1, -0.05) is 53.7 Å². The Balaban J connectivity index is 1.43. The summed E-state index contributed by atoms with van der Waals surface area (Å²) in [5.41, 5.74) is 2.60. The normalized spacial score (nSPS) is 10.6. The van der Waals surface area contributed by atoms with Gasteiger partial charge in [-0.25, -0.2) is 4.68 Å². The number of carbonyl (C=O) groups is 1. The number of nitrogens with one attached hydrogen (secondary N) is 1. The third-order valence-electron chi connectivity index (χ3n) is 4.45. The van der Waals surface area contributed by atoms with Gasteiger partial charge in [0.2, 0.25) is 0 Å². The molecule has 0 spiro atoms. The molecule has 0 aliphatic carbocycles. The third kappa shape index (κ3) is 4.47. The van der Waals surface area contributed by atoms with Crippen LogP contribution in [0, 0.1) is 0 Å². The quantitative estimate of drug-likeness (QED) is 0.553. The fraction of sp³-hybridized carbons (Fsp3) is 0.0909. The Hall–Kier alpha value is -4.00. The number of aromatic nitrogens is 4. The second-order valence-electron chi connectivity index (χ2n) is 6.54. The second kappa shape index (κ2) is 8.35. The van der Waals surface area contributed by atoms with E-state index in [-0.39, 0.29) is 18.0 Å². The summed E-state index contributed by atoms with van der Waals surface area (Å²) >= 11 is 0. The maximum absolute atomic E-state index is 12.4. The molecule has 0 saturated carbocycles. The second-order valence-corrected chi connectivity index (χ2v) is 6.54. The lowest BCUT2D eigenvalue weighted by atomic mass is 10.2. The summed E-state index contributed by atoms with van der Waals surface area (Å²) in [7, 11) is 0. The van der Waals surface area contributed by atoms with Crippen LogP contribution in [-0.4, -0.2) is 25.5 Å². The minimum atomic E-state index is -0.284. The summed E-state index contributed by atoms with van der Waals surface area (Å²) in [6.07, 6.45) is 3.38. The average Bonchev–Trinajstić information content (AvgIpc) is 3.23. The Kier molecular flexibility index (Phi) is 5.29. The van der Waals surface area contributed by atoms with Crippen LogP contribution in [0.1, 0.15) is 21.6 Å². The molecule has 0 saturated heterocycles. The summed E-state index contributed by atoms with van der Waals surface area (Å²) in [5, 5.41) is 11.0. The first-order valence-corrected chi connectivity index (χ1v) is 9.18. The van der Waals surface area contributed by atoms with Crippen LogP contribution in [0.25, 0.3) is 5.69 Å². The van der Waals surface area contributed by atoms with Crippen LogP contribution >= 0.6 is 0 Å². The van der Waals surface area contributed by atoms with E-state index < -0.39 is 0 Å². The summed E-state index contributed by atoms with van der Waals surface area (Å²) in [6.45, 7) is 0.683. The Labute approximate surface area is 167 Å². The summed E-state index contributed by atoms with van der Waals surface area (Å²) in [4.78, 5) is 24.7. The molecule has 2 aromatic carbocycles. The molecule has 1 N–H and O–H groups in total. The lowest BCUT2D eigenvalue weighted by Crippen LogP contribution is -2.26. The standard InChI is InChI=1S/C22H19N5O2/c28-21-13-18(22(29)23-14-17-7-3-1-4-8-17)11-12-26(21)15-19-16-27(25-24-19)20-9-5-2-6-10-20/h1-13,16H,14-15H2,(H,23,29). The lowest BCUT2D eigenvalue weighted by molar-refractivity contribution is 0.0950. The van der Waals surface area contributed by atoms with Crippen molar-refractivity contribution in [2.24, 2.45) is 0 Å². The monoisotopic (exact) mass is 385 g/mol. The van der Waals surface area contributed by atoms with E-state index in [9.17, 15) is 9.59 Å². The van der Waals surface area contributed by atoms with Crippen molar-refractivity contribution in [1.29, 1.82) is 0 Å². The van der Waals surface area contributed by atoms with Gasteiger partial charge in [-0.05, 0) is 23.8 Å². The molecule has 7 heteroatoms. The molecular formula is C22H19N5O2. The maximum Gasteiger partial charge on any atom is 0.251 e. The van der Waals surface area contributed by atoms with E-state index in [0.717, 1.165) is 11.3 Å². The number of carbonyl (C=O) groups excluding carboxylic acids is 1. The number of amides is 1. The molecule has 4 rings (SSSR count). The van der Waals surface area contributed by atoms with Crippen LogP contribution in [0.4, 0.5) is 0 Å². The number of hydrogen-bond donors (Lipinski definition) is 1. The highest BCUT2D eigenvalue weighted by atomic mass is 16.2. The van der Waals surface area contributed by atoms with E-state index in [1.807, 2.05) is 60.7 Å². The van der Waals surface area contributed by atoms with Gasteiger partial charge < -0.3 is 9.88 Å². The molecule has 0 aliphatic heterocycles. The summed E-state index contributed by atoms with van der Waals surface area (Å²) in [5.74, 6) is -0.284. The number of rotatable bonds is 6. The highest BCUT2D eigenvalue weighted by Crippen LogP contribution is 2.07. The zero-order chi connectivity index (χ0) is 20.1. The molecule has 0 radical (unpaired) electrons. The van der Waals surface area contributed by atoms with Crippen LogP contribution in [0.2, 0.25) is 0 Å². The highest BCUT2D eigenvalue weighted by molar-refractivity contribution is 5.93. The van der Waals surface area contributed by atoms with E-state index in [1.54, 1.807) is 23.1 Å². The molecule has 4 aromatic rings. The molecule has 144 valence electrons. The van der Waals surface area contributed by atoms with Crippen LogP contribution in [-0.2, 0) is 13.1 Å². The molecule has 2 aromatic heterocycles. The van der Waals surface area contributed by atoms with Crippen LogP contribution in [0.15, 0.2) is 90.0 Å². The van der Waals surface area contributed by atoms with Crippen LogP contribution in [0.3, 0.4) is 0 Å². The fourth-order valence-electron chi connectivity index (χ4n) is 2.91. The molecular weight excluding hydrogens is 366 g/mol. The van der Waals surface area contributed by atoms with Crippen molar-refractivity contribution in [3.63, 3.8) is 0 Å². The molecule has 1 amide bonds. The Morgan fingerprint density at radius 1 is 0.966 bits per heavy atom. The Bertz CT molecular complexity index is 1170. The number of pyridine rings is 1. The zero-order valence-corrected chi connectivity index (χ0v) is 15.6. The first-order chi connectivity index (χ1) is 14.2. The average molecular weight is 385 g/mol. The lowest BCUT2D eigenvalue weighted by Gasteiger charge is -2.07. The van der Waals surface area contributed by atoms with E-state index in [4.69, 9.17) is 0 Å². The zero-order valence-electron chi connectivity index (χ0n) is 15.6. The Morgan fingerprint density at radius 2 is 1.69 bits per heavy atom. The van der Waals surface area contributed by atoms with E-state index >= 15 is 0 Å². The fourth-order valence-corrected chi connectivity index (χ4v) is 2.91. The van der Waals surface area contributed by atoms with Gasteiger partial charge in [-0.3, -0.25) is 9.59 Å². The van der Waals surface area contributed by atoms with Gasteiger partial charge in [0.1, 0.15) is 5.69 Å². The molecule has 0 aliphatic rings. The first-order valence-electron chi connectivity index (χ1n) is 9.18. The van der Waals surface area contributed by atoms with Gasteiger partial charge in [0.25, 0.3) is 11.5 Å². The van der Waals surface area contributed by atoms with Crippen LogP contribution in [0.5, 0.6) is 0 Å². The smallest absolute Gasteiger partial charge is 0.251 e. The predicted molar refractivity (Wildman–Crippen MR) is 109 cm³/mol. The van der Waals surface area contributed by atoms with Gasteiger partial charge in [-0.15, -0.1) is 5.10 Å². The molecule has 29 heavy (non-hydrogen) atoms. The van der Waals surface area contributed by atoms with Gasteiger partial charge in [0, 0.05) is 24.4 Å². The molecule has 0 unspecified atom stereocenters. The van der Waals surface area contributed by atoms with Crippen molar-refractivity contribution in [3.05, 3.63) is 112 Å². The van der Waals surface area contributed by atoms with Gasteiger partial charge in [0.05, 0.1) is 18.4 Å². The summed E-state index contributed by atoms with van der Waals surface area (Å²) < 4.78 is 3.15. The molecule has 2 heterocycles. The Morgan fingerprint density at radius 3 is 2.41 bits per heavy atom. The highest BCUT2D eigenvalue weighted by Gasteiger charge is 2.09. The van der Waals surface area contributed by atoms with Gasteiger partial charge >= 0.3 is 0 Å². The number of nitrogens with zero attached hydrogens (tertiary/aromatic N) is 4. The SMILES string of the molecule is O=C(NCc1ccccc1)c1ccn(Cc2cn(-c3ccccc3)nn2)c(=O)c1. The minimum Gasteiger partial charge on any atom is -0.348 e. The third-order valence-corrected chi connectivity index (χ3v) is 4.45. The van der Waals surface area contributed by atoms with Crippen molar-refractivity contribution in [3.8, 4) is 5.69 Å². The van der Waals surface area contributed by atoms with E-state index in [2.05, 4.69) is 15.6 Å². The molecule has 0 bridgehead atoms. The number of hydrogen-bond acceptors (Lipinski definition) is 4. The number of para-hydroxylation sites is 1. The largest absolute Gasteiger partial charge is 0.348 e. The maximum atomic E-state index is 12.4. The van der Waals surface area contributed by atoms with E-state index in [1.165, 1.54) is 10.6 Å². The predicted octanol–water partition coefficient (Wildman–Crippen LogP) is 2.41. The van der Waals surface area contributed by atoms with E-state index in [0.29, 0.717) is 17.8 Å². The van der Waals surface area contributed by atoms with Crippen molar-refractivity contribution in [1.82, 2.24) is 24.9 Å². The van der Waals surface area contributed by atoms with Crippen molar-refractivity contribution in [2.75, 3.05) is 0 Å². The van der Waals surface area contributed by atoms with Crippen molar-refractivity contribution in [2.45, 2.75) is 13.1 Å².